The minimum absolute atomic E-state index is 0.0354. The Kier molecular flexibility index (Phi) is 5.53. The van der Waals surface area contributed by atoms with Gasteiger partial charge in [-0.2, -0.15) is 0 Å². The molecule has 1 aromatic heterocycles. The number of benzene rings is 1. The predicted octanol–water partition coefficient (Wildman–Crippen LogP) is 3.57. The topological polar surface area (TPSA) is 54.5 Å². The van der Waals surface area contributed by atoms with E-state index in [0.717, 1.165) is 36.5 Å². The molecule has 1 aromatic carbocycles. The van der Waals surface area contributed by atoms with Crippen LogP contribution >= 0.6 is 0 Å². The summed E-state index contributed by atoms with van der Waals surface area (Å²) in [5.41, 5.74) is 2.58. The lowest BCUT2D eigenvalue weighted by Gasteiger charge is -2.30. The molecule has 1 aliphatic rings. The SMILES string of the molecule is COc1ccc(CNc2ccc(C(=O)N3CCCC(C)C3)nc2)cc1. The summed E-state index contributed by atoms with van der Waals surface area (Å²) < 4.78 is 5.16. The Hall–Kier alpha value is -2.56. The van der Waals surface area contributed by atoms with Gasteiger partial charge in [0.25, 0.3) is 5.91 Å². The monoisotopic (exact) mass is 339 g/mol. The summed E-state index contributed by atoms with van der Waals surface area (Å²) in [6, 6.07) is 11.6. The molecule has 5 nitrogen and oxygen atoms in total. The van der Waals surface area contributed by atoms with Gasteiger partial charge in [-0.15, -0.1) is 0 Å². The van der Waals surface area contributed by atoms with E-state index in [2.05, 4.69) is 17.2 Å². The first-order chi connectivity index (χ1) is 12.2. The molecule has 1 fully saturated rings. The first-order valence-electron chi connectivity index (χ1n) is 8.78. The summed E-state index contributed by atoms with van der Waals surface area (Å²) >= 11 is 0. The van der Waals surface area contributed by atoms with Crippen LogP contribution in [0.1, 0.15) is 35.8 Å². The highest BCUT2D eigenvalue weighted by Gasteiger charge is 2.22. The molecule has 3 rings (SSSR count). The second kappa shape index (κ2) is 8.01. The van der Waals surface area contributed by atoms with Crippen LogP contribution in [0.15, 0.2) is 42.6 Å². The van der Waals surface area contributed by atoms with E-state index >= 15 is 0 Å². The van der Waals surface area contributed by atoms with Crippen molar-refractivity contribution in [2.75, 3.05) is 25.5 Å². The summed E-state index contributed by atoms with van der Waals surface area (Å²) in [7, 11) is 1.66. The molecular weight excluding hydrogens is 314 g/mol. The third-order valence-electron chi connectivity index (χ3n) is 4.58. The lowest BCUT2D eigenvalue weighted by atomic mass is 10.00. The maximum Gasteiger partial charge on any atom is 0.272 e. The maximum atomic E-state index is 12.5. The van der Waals surface area contributed by atoms with Crippen molar-refractivity contribution < 1.29 is 9.53 Å². The molecule has 2 heterocycles. The highest BCUT2D eigenvalue weighted by molar-refractivity contribution is 5.92. The molecule has 1 amide bonds. The van der Waals surface area contributed by atoms with E-state index in [1.54, 1.807) is 19.4 Å². The summed E-state index contributed by atoms with van der Waals surface area (Å²) in [6.07, 6.45) is 4.00. The molecule has 0 spiro atoms. The number of methoxy groups -OCH3 is 1. The van der Waals surface area contributed by atoms with Crippen molar-refractivity contribution in [2.24, 2.45) is 5.92 Å². The molecule has 1 unspecified atom stereocenters. The quantitative estimate of drug-likeness (QED) is 0.905. The molecule has 0 saturated carbocycles. The standard InChI is InChI=1S/C20H25N3O2/c1-15-4-3-11-23(14-15)20(24)19-10-7-17(13-22-19)21-12-16-5-8-18(25-2)9-6-16/h5-10,13,15,21H,3-4,11-12,14H2,1-2H3. The van der Waals surface area contributed by atoms with Crippen molar-refractivity contribution in [2.45, 2.75) is 26.3 Å². The first-order valence-corrected chi connectivity index (χ1v) is 8.78. The number of likely N-dealkylation sites (tertiary alicyclic amines) is 1. The normalized spacial score (nSPS) is 17.2. The van der Waals surface area contributed by atoms with Crippen LogP contribution in [0.4, 0.5) is 5.69 Å². The second-order valence-electron chi connectivity index (χ2n) is 6.63. The van der Waals surface area contributed by atoms with Crippen LogP contribution < -0.4 is 10.1 Å². The number of nitrogens with zero attached hydrogens (tertiary/aromatic N) is 2. The van der Waals surface area contributed by atoms with E-state index in [1.165, 1.54) is 6.42 Å². The third-order valence-corrected chi connectivity index (χ3v) is 4.58. The number of anilines is 1. The number of aromatic nitrogens is 1. The van der Waals surface area contributed by atoms with Crippen molar-refractivity contribution in [1.82, 2.24) is 9.88 Å². The largest absolute Gasteiger partial charge is 0.497 e. The minimum atomic E-state index is 0.0354. The number of nitrogens with one attached hydrogen (secondary N) is 1. The number of pyridine rings is 1. The van der Waals surface area contributed by atoms with Gasteiger partial charge in [-0.1, -0.05) is 19.1 Å². The van der Waals surface area contributed by atoms with E-state index in [9.17, 15) is 4.79 Å². The van der Waals surface area contributed by atoms with Crippen LogP contribution in [0, 0.1) is 5.92 Å². The van der Waals surface area contributed by atoms with Crippen LogP contribution in [0.2, 0.25) is 0 Å². The van der Waals surface area contributed by atoms with Gasteiger partial charge in [0, 0.05) is 19.6 Å². The van der Waals surface area contributed by atoms with Crippen molar-refractivity contribution in [3.63, 3.8) is 0 Å². The summed E-state index contributed by atoms with van der Waals surface area (Å²) in [4.78, 5) is 18.8. The number of rotatable bonds is 5. The molecule has 1 atom stereocenters. The van der Waals surface area contributed by atoms with Crippen LogP contribution in [0.5, 0.6) is 5.75 Å². The molecule has 1 saturated heterocycles. The number of ether oxygens (including phenoxy) is 1. The van der Waals surface area contributed by atoms with Crippen LogP contribution in [0.3, 0.4) is 0 Å². The zero-order chi connectivity index (χ0) is 17.6. The molecule has 0 aliphatic carbocycles. The second-order valence-corrected chi connectivity index (χ2v) is 6.63. The Labute approximate surface area is 149 Å². The Morgan fingerprint density at radius 3 is 2.72 bits per heavy atom. The Balaban J connectivity index is 1.57. The van der Waals surface area contributed by atoms with E-state index in [-0.39, 0.29) is 5.91 Å². The van der Waals surface area contributed by atoms with Crippen molar-refractivity contribution in [3.05, 3.63) is 53.9 Å². The van der Waals surface area contributed by atoms with E-state index in [1.807, 2.05) is 35.2 Å². The van der Waals surface area contributed by atoms with Gasteiger partial charge in [0.15, 0.2) is 0 Å². The first kappa shape index (κ1) is 17.3. The fraction of sp³-hybridized carbons (Fsp3) is 0.400. The van der Waals surface area contributed by atoms with Crippen molar-refractivity contribution in [3.8, 4) is 5.75 Å². The van der Waals surface area contributed by atoms with Crippen molar-refractivity contribution in [1.29, 1.82) is 0 Å². The number of carbonyl (C=O) groups is 1. The van der Waals surface area contributed by atoms with Crippen LogP contribution in [0.25, 0.3) is 0 Å². The molecule has 25 heavy (non-hydrogen) atoms. The Morgan fingerprint density at radius 2 is 2.08 bits per heavy atom. The number of piperidine rings is 1. The molecular formula is C20H25N3O2. The van der Waals surface area contributed by atoms with E-state index < -0.39 is 0 Å². The van der Waals surface area contributed by atoms with Gasteiger partial charge < -0.3 is 15.0 Å². The number of carbonyl (C=O) groups excluding carboxylic acids is 1. The zero-order valence-corrected chi connectivity index (χ0v) is 14.9. The van der Waals surface area contributed by atoms with Gasteiger partial charge in [0.2, 0.25) is 0 Å². The molecule has 0 radical (unpaired) electrons. The predicted molar refractivity (Wildman–Crippen MR) is 98.9 cm³/mol. The minimum Gasteiger partial charge on any atom is -0.497 e. The zero-order valence-electron chi connectivity index (χ0n) is 14.9. The summed E-state index contributed by atoms with van der Waals surface area (Å²) in [5.74, 6) is 1.46. The fourth-order valence-corrected chi connectivity index (χ4v) is 3.11. The summed E-state index contributed by atoms with van der Waals surface area (Å²) in [6.45, 7) is 4.56. The highest BCUT2D eigenvalue weighted by atomic mass is 16.5. The molecule has 1 aliphatic heterocycles. The average molecular weight is 339 g/mol. The maximum absolute atomic E-state index is 12.5. The van der Waals surface area contributed by atoms with Crippen LogP contribution in [-0.2, 0) is 6.54 Å². The van der Waals surface area contributed by atoms with Gasteiger partial charge in [-0.05, 0) is 48.6 Å². The number of hydrogen-bond acceptors (Lipinski definition) is 4. The smallest absolute Gasteiger partial charge is 0.272 e. The molecule has 2 aromatic rings. The van der Waals surface area contributed by atoms with Gasteiger partial charge in [0.05, 0.1) is 19.0 Å². The number of hydrogen-bond donors (Lipinski definition) is 1. The van der Waals surface area contributed by atoms with Crippen molar-refractivity contribution >= 4 is 11.6 Å². The molecule has 0 bridgehead atoms. The fourth-order valence-electron chi connectivity index (χ4n) is 3.11. The van der Waals surface area contributed by atoms with Gasteiger partial charge >= 0.3 is 0 Å². The molecule has 5 heteroatoms. The lowest BCUT2D eigenvalue weighted by molar-refractivity contribution is 0.0677. The lowest BCUT2D eigenvalue weighted by Crippen LogP contribution is -2.39. The van der Waals surface area contributed by atoms with Gasteiger partial charge in [-0.25, -0.2) is 4.98 Å². The molecule has 132 valence electrons. The van der Waals surface area contributed by atoms with Gasteiger partial charge in [0.1, 0.15) is 11.4 Å². The summed E-state index contributed by atoms with van der Waals surface area (Å²) in [5, 5.41) is 3.32. The van der Waals surface area contributed by atoms with E-state index in [0.29, 0.717) is 18.2 Å². The van der Waals surface area contributed by atoms with Gasteiger partial charge in [-0.3, -0.25) is 4.79 Å². The third kappa shape index (κ3) is 4.50. The molecule has 1 N–H and O–H groups in total. The average Bonchev–Trinajstić information content (AvgIpc) is 2.66. The van der Waals surface area contributed by atoms with Crippen LogP contribution in [-0.4, -0.2) is 36.0 Å². The highest BCUT2D eigenvalue weighted by Crippen LogP contribution is 2.18. The van der Waals surface area contributed by atoms with E-state index in [4.69, 9.17) is 4.74 Å². The Morgan fingerprint density at radius 1 is 1.28 bits per heavy atom. The Bertz CT molecular complexity index is 698. The number of amides is 1.